The summed E-state index contributed by atoms with van der Waals surface area (Å²) in [6.45, 7) is 4.72. The number of aromatic nitrogens is 2. The molecule has 6 nitrogen and oxygen atoms in total. The number of aryl methyl sites for hydroxylation is 1. The Morgan fingerprint density at radius 1 is 1.09 bits per heavy atom. The van der Waals surface area contributed by atoms with Gasteiger partial charge in [-0.15, -0.1) is 0 Å². The van der Waals surface area contributed by atoms with Gasteiger partial charge in [-0.05, 0) is 43.7 Å². The first kappa shape index (κ1) is 23.2. The normalized spacial score (nSPS) is 15.1. The number of thioether (sulfide) groups is 1. The van der Waals surface area contributed by atoms with E-state index in [1.807, 2.05) is 31.2 Å². The summed E-state index contributed by atoms with van der Waals surface area (Å²) in [4.78, 5) is 33.0. The van der Waals surface area contributed by atoms with E-state index in [0.717, 1.165) is 31.2 Å². The smallest absolute Gasteiger partial charge is 0.269 e. The highest BCUT2D eigenvalue weighted by Crippen LogP contribution is 2.34. The van der Waals surface area contributed by atoms with Crippen molar-refractivity contribution in [2.24, 2.45) is 0 Å². The molecule has 4 rings (SSSR count). The Labute approximate surface area is 202 Å². The third-order valence-corrected chi connectivity index (χ3v) is 6.73. The summed E-state index contributed by atoms with van der Waals surface area (Å²) in [5.74, 6) is 0.537. The van der Waals surface area contributed by atoms with Crippen molar-refractivity contribution in [3.05, 3.63) is 75.0 Å². The highest BCUT2D eigenvalue weighted by Gasteiger charge is 2.32. The monoisotopic (exact) mass is 479 g/mol. The average molecular weight is 480 g/mol. The fraction of sp³-hybridized carbons (Fsp3) is 0.280. The largest absolute Gasteiger partial charge is 0.438 e. The fourth-order valence-electron chi connectivity index (χ4n) is 3.52. The zero-order valence-corrected chi connectivity index (χ0v) is 20.2. The van der Waals surface area contributed by atoms with E-state index in [0.29, 0.717) is 27.2 Å². The zero-order chi connectivity index (χ0) is 23.4. The number of hydrogen-bond donors (Lipinski definition) is 0. The minimum absolute atomic E-state index is 0.156. The molecule has 1 saturated heterocycles. The quantitative estimate of drug-likeness (QED) is 0.239. The van der Waals surface area contributed by atoms with E-state index in [4.69, 9.17) is 17.0 Å². The summed E-state index contributed by atoms with van der Waals surface area (Å²) in [5.41, 5.74) is 1.46. The number of benzene rings is 1. The summed E-state index contributed by atoms with van der Waals surface area (Å²) >= 11 is 6.65. The van der Waals surface area contributed by atoms with Crippen LogP contribution in [0.2, 0.25) is 0 Å². The molecule has 0 N–H and O–H groups in total. The summed E-state index contributed by atoms with van der Waals surface area (Å²) in [6.07, 6.45) is 7.41. The molecule has 0 radical (unpaired) electrons. The third kappa shape index (κ3) is 5.17. The van der Waals surface area contributed by atoms with Crippen LogP contribution in [0.25, 0.3) is 11.7 Å². The average Bonchev–Trinajstić information content (AvgIpc) is 3.08. The molecule has 0 spiro atoms. The van der Waals surface area contributed by atoms with Crippen LogP contribution in [-0.2, 0) is 4.79 Å². The predicted octanol–water partition coefficient (Wildman–Crippen LogP) is 5.58. The molecular weight excluding hydrogens is 454 g/mol. The van der Waals surface area contributed by atoms with Gasteiger partial charge in [0.05, 0.1) is 4.91 Å². The minimum atomic E-state index is -0.309. The van der Waals surface area contributed by atoms with Crippen molar-refractivity contribution in [3.63, 3.8) is 0 Å². The Balaban J connectivity index is 1.71. The highest BCUT2D eigenvalue weighted by atomic mass is 32.2. The van der Waals surface area contributed by atoms with E-state index in [-0.39, 0.29) is 22.9 Å². The molecule has 3 heterocycles. The Bertz CT molecular complexity index is 1280. The molecule has 33 heavy (non-hydrogen) atoms. The zero-order valence-electron chi connectivity index (χ0n) is 18.6. The van der Waals surface area contributed by atoms with Crippen molar-refractivity contribution >= 4 is 45.9 Å². The maximum absolute atomic E-state index is 13.3. The van der Waals surface area contributed by atoms with Crippen molar-refractivity contribution in [2.45, 2.75) is 39.5 Å². The summed E-state index contributed by atoms with van der Waals surface area (Å²) < 4.78 is 7.96. The summed E-state index contributed by atoms with van der Waals surface area (Å²) in [6, 6.07) is 12.8. The fourth-order valence-corrected chi connectivity index (χ4v) is 4.81. The van der Waals surface area contributed by atoms with Gasteiger partial charge in [0, 0.05) is 12.7 Å². The number of unbranched alkanes of at least 4 members (excludes halogenated alkanes) is 3. The van der Waals surface area contributed by atoms with Gasteiger partial charge in [-0.3, -0.25) is 18.9 Å². The Kier molecular flexibility index (Phi) is 7.25. The highest BCUT2D eigenvalue weighted by molar-refractivity contribution is 8.26. The van der Waals surface area contributed by atoms with E-state index in [2.05, 4.69) is 11.9 Å². The van der Waals surface area contributed by atoms with Crippen LogP contribution < -0.4 is 10.3 Å². The molecule has 0 atom stereocenters. The van der Waals surface area contributed by atoms with Gasteiger partial charge in [0.1, 0.15) is 21.3 Å². The summed E-state index contributed by atoms with van der Waals surface area (Å²) in [7, 11) is 0. The van der Waals surface area contributed by atoms with Crippen molar-refractivity contribution in [3.8, 4) is 11.6 Å². The molecule has 0 saturated carbocycles. The van der Waals surface area contributed by atoms with E-state index in [1.54, 1.807) is 35.4 Å². The van der Waals surface area contributed by atoms with Crippen LogP contribution in [0.4, 0.5) is 0 Å². The van der Waals surface area contributed by atoms with Gasteiger partial charge in [-0.1, -0.05) is 73.9 Å². The second kappa shape index (κ2) is 10.3. The van der Waals surface area contributed by atoms with Crippen molar-refractivity contribution in [1.29, 1.82) is 0 Å². The number of carbonyl (C=O) groups excluding carboxylic acids is 1. The van der Waals surface area contributed by atoms with Crippen molar-refractivity contribution in [2.75, 3.05) is 6.54 Å². The number of nitrogens with zero attached hydrogens (tertiary/aromatic N) is 3. The van der Waals surface area contributed by atoms with Crippen LogP contribution in [0.5, 0.6) is 11.6 Å². The van der Waals surface area contributed by atoms with Crippen LogP contribution in [0.15, 0.2) is 58.4 Å². The van der Waals surface area contributed by atoms with Crippen molar-refractivity contribution in [1.82, 2.24) is 14.3 Å². The van der Waals surface area contributed by atoms with Crippen LogP contribution in [0, 0.1) is 6.92 Å². The SMILES string of the molecule is CCCCCCN1C(=O)/C(=C/c2c(Oc3ccc(C)cc3)nc3ccccn3c2=O)SC1=S. The van der Waals surface area contributed by atoms with E-state index in [9.17, 15) is 9.59 Å². The van der Waals surface area contributed by atoms with Gasteiger partial charge in [0.25, 0.3) is 11.5 Å². The molecule has 0 unspecified atom stereocenters. The van der Waals surface area contributed by atoms with E-state index >= 15 is 0 Å². The molecule has 0 bridgehead atoms. The lowest BCUT2D eigenvalue weighted by Crippen LogP contribution is -2.29. The number of hydrogen-bond acceptors (Lipinski definition) is 6. The third-order valence-electron chi connectivity index (χ3n) is 5.35. The molecule has 3 aromatic rings. The van der Waals surface area contributed by atoms with E-state index in [1.165, 1.54) is 16.2 Å². The Morgan fingerprint density at radius 3 is 2.64 bits per heavy atom. The van der Waals surface area contributed by atoms with Crippen LogP contribution in [0.1, 0.15) is 43.7 Å². The molecular formula is C25H25N3O3S2. The molecule has 1 aromatic carbocycles. The number of rotatable bonds is 8. The second-order valence-corrected chi connectivity index (χ2v) is 9.55. The molecule has 0 aliphatic carbocycles. The van der Waals surface area contributed by atoms with Crippen LogP contribution in [0.3, 0.4) is 0 Å². The lowest BCUT2D eigenvalue weighted by atomic mass is 10.2. The predicted molar refractivity (Wildman–Crippen MR) is 137 cm³/mol. The number of ether oxygens (including phenoxy) is 1. The molecule has 1 fully saturated rings. The first-order valence-electron chi connectivity index (χ1n) is 11.0. The standard InChI is InChI=1S/C25H25N3O3S2/c1-3-4-5-7-15-28-24(30)20(33-25(28)32)16-19-22(31-18-12-10-17(2)11-13-18)26-21-9-6-8-14-27(21)23(19)29/h6,8-14,16H,3-5,7,15H2,1-2H3/b20-16-. The topological polar surface area (TPSA) is 63.9 Å². The molecule has 170 valence electrons. The second-order valence-electron chi connectivity index (χ2n) is 7.87. The van der Waals surface area contributed by atoms with Crippen LogP contribution >= 0.6 is 24.0 Å². The molecule has 1 aliphatic heterocycles. The van der Waals surface area contributed by atoms with Gasteiger partial charge >= 0.3 is 0 Å². The number of pyridine rings is 1. The van der Waals surface area contributed by atoms with Gasteiger partial charge in [-0.25, -0.2) is 0 Å². The number of amides is 1. The molecule has 1 aliphatic rings. The lowest BCUT2D eigenvalue weighted by molar-refractivity contribution is -0.122. The first-order chi connectivity index (χ1) is 16.0. The number of fused-ring (bicyclic) bond motifs is 1. The molecule has 8 heteroatoms. The Hall–Kier alpha value is -2.97. The molecule has 1 amide bonds. The summed E-state index contributed by atoms with van der Waals surface area (Å²) in [5, 5.41) is 0. The lowest BCUT2D eigenvalue weighted by Gasteiger charge is -2.14. The maximum Gasteiger partial charge on any atom is 0.269 e. The van der Waals surface area contributed by atoms with Gasteiger partial charge < -0.3 is 4.74 Å². The number of carbonyl (C=O) groups is 1. The van der Waals surface area contributed by atoms with Gasteiger partial charge in [-0.2, -0.15) is 4.98 Å². The number of thiocarbonyl (C=S) groups is 1. The maximum atomic E-state index is 13.3. The van der Waals surface area contributed by atoms with Crippen LogP contribution in [-0.4, -0.2) is 31.1 Å². The Morgan fingerprint density at radius 2 is 1.88 bits per heavy atom. The van der Waals surface area contributed by atoms with Crippen molar-refractivity contribution < 1.29 is 9.53 Å². The first-order valence-corrected chi connectivity index (χ1v) is 12.2. The van der Waals surface area contributed by atoms with E-state index < -0.39 is 0 Å². The molecule has 2 aromatic heterocycles. The van der Waals surface area contributed by atoms with Gasteiger partial charge in [0.2, 0.25) is 5.88 Å². The van der Waals surface area contributed by atoms with Gasteiger partial charge in [0.15, 0.2) is 0 Å². The minimum Gasteiger partial charge on any atom is -0.438 e.